The Morgan fingerprint density at radius 3 is 2.67 bits per heavy atom. The summed E-state index contributed by atoms with van der Waals surface area (Å²) in [4.78, 5) is 0. The molecule has 0 radical (unpaired) electrons. The van der Waals surface area contributed by atoms with Crippen LogP contribution in [0.1, 0.15) is 5.56 Å². The lowest BCUT2D eigenvalue weighted by Crippen LogP contribution is -2.23. The van der Waals surface area contributed by atoms with Gasteiger partial charge in [-0.1, -0.05) is 11.6 Å². The van der Waals surface area contributed by atoms with Crippen molar-refractivity contribution in [1.29, 1.82) is 0 Å². The van der Waals surface area contributed by atoms with Crippen LogP contribution in [0.25, 0.3) is 0 Å². The predicted octanol–water partition coefficient (Wildman–Crippen LogP) is 3.15. The zero-order valence-corrected chi connectivity index (χ0v) is 10.1. The lowest BCUT2D eigenvalue weighted by Gasteiger charge is -2.09. The SMILES string of the molecule is Fc1ccc(Cl)c(CNCCOCC(F)(F)F)c1. The minimum atomic E-state index is -4.31. The lowest BCUT2D eigenvalue weighted by atomic mass is 10.2. The summed E-state index contributed by atoms with van der Waals surface area (Å²) in [7, 11) is 0. The van der Waals surface area contributed by atoms with Crippen LogP contribution in [0, 0.1) is 5.82 Å². The molecular formula is C11H12ClF4NO. The molecule has 7 heteroatoms. The molecule has 0 fully saturated rings. The molecule has 1 N–H and O–H groups in total. The van der Waals surface area contributed by atoms with Crippen LogP contribution in [0.4, 0.5) is 17.6 Å². The molecule has 0 aliphatic rings. The third-order valence-electron chi connectivity index (χ3n) is 2.01. The highest BCUT2D eigenvalue weighted by Crippen LogP contribution is 2.16. The Hall–Kier alpha value is -0.850. The van der Waals surface area contributed by atoms with Crippen molar-refractivity contribution in [3.8, 4) is 0 Å². The third-order valence-corrected chi connectivity index (χ3v) is 2.38. The Balaban J connectivity index is 2.20. The molecule has 1 aromatic carbocycles. The van der Waals surface area contributed by atoms with Crippen molar-refractivity contribution >= 4 is 11.6 Å². The largest absolute Gasteiger partial charge is 0.411 e. The molecule has 0 bridgehead atoms. The Labute approximate surface area is 107 Å². The van der Waals surface area contributed by atoms with Crippen LogP contribution in [0.15, 0.2) is 18.2 Å². The molecule has 1 aromatic rings. The molecule has 0 unspecified atom stereocenters. The number of hydrogen-bond donors (Lipinski definition) is 1. The Bertz CT molecular complexity index is 384. The van der Waals surface area contributed by atoms with Crippen molar-refractivity contribution in [3.63, 3.8) is 0 Å². The molecular weight excluding hydrogens is 274 g/mol. The third kappa shape index (κ3) is 6.18. The van der Waals surface area contributed by atoms with Crippen molar-refractivity contribution in [2.75, 3.05) is 19.8 Å². The fourth-order valence-corrected chi connectivity index (χ4v) is 1.42. The average molecular weight is 286 g/mol. The fraction of sp³-hybridized carbons (Fsp3) is 0.455. The molecule has 0 amide bonds. The highest BCUT2D eigenvalue weighted by Gasteiger charge is 2.27. The molecule has 0 aliphatic heterocycles. The van der Waals surface area contributed by atoms with Gasteiger partial charge >= 0.3 is 6.18 Å². The average Bonchev–Trinajstić information content (AvgIpc) is 2.26. The first-order valence-electron chi connectivity index (χ1n) is 5.17. The van der Waals surface area contributed by atoms with Crippen molar-refractivity contribution in [3.05, 3.63) is 34.6 Å². The molecule has 1 rings (SSSR count). The Morgan fingerprint density at radius 2 is 2.00 bits per heavy atom. The van der Waals surface area contributed by atoms with E-state index in [1.54, 1.807) is 0 Å². The summed E-state index contributed by atoms with van der Waals surface area (Å²) in [6.07, 6.45) is -4.31. The van der Waals surface area contributed by atoms with Crippen molar-refractivity contribution in [2.45, 2.75) is 12.7 Å². The van der Waals surface area contributed by atoms with Crippen LogP contribution in [-0.4, -0.2) is 25.9 Å². The first-order chi connectivity index (χ1) is 8.38. The number of rotatable bonds is 6. The van der Waals surface area contributed by atoms with Gasteiger partial charge in [0.25, 0.3) is 0 Å². The summed E-state index contributed by atoms with van der Waals surface area (Å²) in [6, 6.07) is 3.93. The second-order valence-electron chi connectivity index (χ2n) is 3.58. The van der Waals surface area contributed by atoms with E-state index in [1.807, 2.05) is 0 Å². The first-order valence-corrected chi connectivity index (χ1v) is 5.55. The first kappa shape index (κ1) is 15.2. The summed E-state index contributed by atoms with van der Waals surface area (Å²) in [6.45, 7) is -0.850. The maximum Gasteiger partial charge on any atom is 0.411 e. The van der Waals surface area contributed by atoms with E-state index in [0.29, 0.717) is 10.6 Å². The normalized spacial score (nSPS) is 11.8. The van der Waals surface area contributed by atoms with Crippen LogP contribution < -0.4 is 5.32 Å². The number of hydrogen-bond acceptors (Lipinski definition) is 2. The lowest BCUT2D eigenvalue weighted by molar-refractivity contribution is -0.173. The van der Waals surface area contributed by atoms with Gasteiger partial charge in [0.15, 0.2) is 0 Å². The number of alkyl halides is 3. The van der Waals surface area contributed by atoms with Gasteiger partial charge in [-0.3, -0.25) is 0 Å². The van der Waals surface area contributed by atoms with Gasteiger partial charge in [-0.2, -0.15) is 13.2 Å². The molecule has 0 atom stereocenters. The number of halogens is 5. The minimum Gasteiger partial charge on any atom is -0.371 e. The number of nitrogens with one attached hydrogen (secondary N) is 1. The van der Waals surface area contributed by atoms with Gasteiger partial charge in [0, 0.05) is 18.1 Å². The van der Waals surface area contributed by atoms with Gasteiger partial charge in [-0.15, -0.1) is 0 Å². The zero-order chi connectivity index (χ0) is 13.6. The van der Waals surface area contributed by atoms with Gasteiger partial charge in [-0.25, -0.2) is 4.39 Å². The van der Waals surface area contributed by atoms with Crippen LogP contribution in [-0.2, 0) is 11.3 Å². The fourth-order valence-electron chi connectivity index (χ4n) is 1.23. The summed E-state index contributed by atoms with van der Waals surface area (Å²) in [5.41, 5.74) is 0.549. The Kier molecular flexibility index (Phi) is 5.84. The monoisotopic (exact) mass is 285 g/mol. The van der Waals surface area contributed by atoms with Gasteiger partial charge in [0.05, 0.1) is 6.61 Å². The van der Waals surface area contributed by atoms with E-state index in [4.69, 9.17) is 11.6 Å². The summed E-state index contributed by atoms with van der Waals surface area (Å²) in [5.74, 6) is -0.412. The molecule has 0 aromatic heterocycles. The van der Waals surface area contributed by atoms with Crippen molar-refractivity contribution < 1.29 is 22.3 Å². The van der Waals surface area contributed by atoms with Crippen LogP contribution in [0.5, 0.6) is 0 Å². The number of ether oxygens (including phenoxy) is 1. The van der Waals surface area contributed by atoms with E-state index in [2.05, 4.69) is 10.1 Å². The van der Waals surface area contributed by atoms with Crippen LogP contribution in [0.2, 0.25) is 5.02 Å². The smallest absolute Gasteiger partial charge is 0.371 e. The maximum atomic E-state index is 12.9. The predicted molar refractivity (Wildman–Crippen MR) is 60.0 cm³/mol. The molecule has 2 nitrogen and oxygen atoms in total. The zero-order valence-electron chi connectivity index (χ0n) is 9.36. The minimum absolute atomic E-state index is 0.0769. The summed E-state index contributed by atoms with van der Waals surface area (Å²) >= 11 is 5.81. The van der Waals surface area contributed by atoms with Crippen molar-refractivity contribution in [2.24, 2.45) is 0 Å². The topological polar surface area (TPSA) is 21.3 Å². The standard InChI is InChI=1S/C11H12ClF4NO/c12-10-2-1-9(13)5-8(10)6-17-3-4-18-7-11(14,15)16/h1-2,5,17H,3-4,6-7H2. The maximum absolute atomic E-state index is 12.9. The molecule has 0 saturated heterocycles. The molecule has 0 saturated carbocycles. The van der Waals surface area contributed by atoms with Crippen LogP contribution in [0.3, 0.4) is 0 Å². The van der Waals surface area contributed by atoms with E-state index in [-0.39, 0.29) is 19.7 Å². The molecule has 0 heterocycles. The van der Waals surface area contributed by atoms with Crippen molar-refractivity contribution in [1.82, 2.24) is 5.32 Å². The van der Waals surface area contributed by atoms with E-state index in [9.17, 15) is 17.6 Å². The van der Waals surface area contributed by atoms with Gasteiger partial charge < -0.3 is 10.1 Å². The van der Waals surface area contributed by atoms with Gasteiger partial charge in [0.1, 0.15) is 12.4 Å². The highest BCUT2D eigenvalue weighted by atomic mass is 35.5. The Morgan fingerprint density at radius 1 is 1.28 bits per heavy atom. The summed E-state index contributed by atoms with van der Waals surface area (Å²) < 4.78 is 52.4. The van der Waals surface area contributed by atoms with Crippen LogP contribution >= 0.6 is 11.6 Å². The van der Waals surface area contributed by atoms with Gasteiger partial charge in [-0.05, 0) is 23.8 Å². The molecule has 102 valence electrons. The highest BCUT2D eigenvalue weighted by molar-refractivity contribution is 6.31. The number of benzene rings is 1. The molecule has 0 spiro atoms. The van der Waals surface area contributed by atoms with Gasteiger partial charge in [0.2, 0.25) is 0 Å². The second kappa shape index (κ2) is 6.92. The van der Waals surface area contributed by atoms with E-state index in [0.717, 1.165) is 0 Å². The second-order valence-corrected chi connectivity index (χ2v) is 3.99. The van der Waals surface area contributed by atoms with E-state index >= 15 is 0 Å². The van der Waals surface area contributed by atoms with E-state index in [1.165, 1.54) is 18.2 Å². The molecule has 0 aliphatic carbocycles. The summed E-state index contributed by atoms with van der Waals surface area (Å²) in [5, 5.41) is 3.22. The molecule has 18 heavy (non-hydrogen) atoms. The van der Waals surface area contributed by atoms with E-state index < -0.39 is 18.6 Å². The quantitative estimate of drug-likeness (QED) is 0.640.